The van der Waals surface area contributed by atoms with Crippen molar-refractivity contribution in [3.05, 3.63) is 24.0 Å². The van der Waals surface area contributed by atoms with Crippen LogP contribution in [0.25, 0.3) is 5.65 Å². The highest BCUT2D eigenvalue weighted by atomic mass is 16.7. The second-order valence-corrected chi connectivity index (χ2v) is 13.1. The second kappa shape index (κ2) is 7.24. The molecule has 1 aliphatic heterocycles. The number of fused-ring (bicyclic) bond motifs is 1. The minimum Gasteiger partial charge on any atom is -0.399 e. The average Bonchev–Trinajstić information content (AvgIpc) is 2.98. The number of anilines is 1. The lowest BCUT2D eigenvalue weighted by Crippen LogP contribution is -2.41. The molecule has 0 atom stereocenters. The highest BCUT2D eigenvalue weighted by Crippen LogP contribution is 2.37. The van der Waals surface area contributed by atoms with E-state index in [2.05, 4.69) is 111 Å². The van der Waals surface area contributed by atoms with E-state index in [-0.39, 0.29) is 27.6 Å². The first kappa shape index (κ1) is 24.1. The van der Waals surface area contributed by atoms with Gasteiger partial charge in [0.15, 0.2) is 0 Å². The number of hydrogen-bond acceptors (Lipinski definition) is 4. The minimum absolute atomic E-state index is 0.0866. The molecule has 1 N–H and O–H groups in total. The van der Waals surface area contributed by atoms with Gasteiger partial charge in [0.1, 0.15) is 11.5 Å². The van der Waals surface area contributed by atoms with Gasteiger partial charge in [-0.3, -0.25) is 4.40 Å². The minimum atomic E-state index is -0.398. The maximum atomic E-state index is 6.30. The van der Waals surface area contributed by atoms with E-state index in [0.29, 0.717) is 0 Å². The van der Waals surface area contributed by atoms with Crippen LogP contribution in [0.1, 0.15) is 95.2 Å². The molecule has 2 aromatic heterocycles. The standard InChI is InChI=1S/C25H42BN3O2/c1-21(2,3)16-23(7,8)28-20-19(22(4,5)6)27-18-14-13-17(15-29(18)20)26-30-24(9,10)25(11,12)31-26/h13-15,28H,16H2,1-12H3. The van der Waals surface area contributed by atoms with Crippen molar-refractivity contribution in [2.45, 2.75) is 112 Å². The van der Waals surface area contributed by atoms with Crippen molar-refractivity contribution in [1.29, 1.82) is 0 Å². The summed E-state index contributed by atoms with van der Waals surface area (Å²) in [5.74, 6) is 1.05. The summed E-state index contributed by atoms with van der Waals surface area (Å²) in [5, 5.41) is 3.84. The third-order valence-corrected chi connectivity index (χ3v) is 6.31. The monoisotopic (exact) mass is 427 g/mol. The van der Waals surface area contributed by atoms with Gasteiger partial charge in [-0.05, 0) is 64.9 Å². The third kappa shape index (κ3) is 4.95. The Morgan fingerprint density at radius 2 is 1.48 bits per heavy atom. The third-order valence-electron chi connectivity index (χ3n) is 6.31. The van der Waals surface area contributed by atoms with Crippen LogP contribution in [0, 0.1) is 5.41 Å². The van der Waals surface area contributed by atoms with Gasteiger partial charge in [0.05, 0.1) is 16.9 Å². The normalized spacial score (nSPS) is 19.3. The summed E-state index contributed by atoms with van der Waals surface area (Å²) >= 11 is 0. The van der Waals surface area contributed by atoms with E-state index in [1.807, 2.05) is 0 Å². The molecule has 1 saturated heterocycles. The SMILES string of the molecule is CC(C)(C)CC(C)(C)Nc1c(C(C)(C)C)nc2ccc(B3OC(C)(C)C(C)(C)O3)cn12. The van der Waals surface area contributed by atoms with Crippen molar-refractivity contribution < 1.29 is 9.31 Å². The summed E-state index contributed by atoms with van der Waals surface area (Å²) < 4.78 is 14.8. The van der Waals surface area contributed by atoms with Gasteiger partial charge in [0.2, 0.25) is 0 Å². The Morgan fingerprint density at radius 1 is 0.935 bits per heavy atom. The Labute approximate surface area is 189 Å². The molecule has 31 heavy (non-hydrogen) atoms. The number of nitrogens with zero attached hydrogens (tertiary/aromatic N) is 2. The molecule has 0 unspecified atom stereocenters. The molecular formula is C25H42BN3O2. The molecule has 0 bridgehead atoms. The fourth-order valence-corrected chi connectivity index (χ4v) is 4.51. The largest absolute Gasteiger partial charge is 0.496 e. The van der Waals surface area contributed by atoms with Crippen LogP contribution in [0.4, 0.5) is 5.82 Å². The van der Waals surface area contributed by atoms with Crippen LogP contribution >= 0.6 is 0 Å². The van der Waals surface area contributed by atoms with Crippen LogP contribution < -0.4 is 10.8 Å². The van der Waals surface area contributed by atoms with Gasteiger partial charge in [-0.1, -0.05) is 47.6 Å². The Hall–Kier alpha value is -1.53. The van der Waals surface area contributed by atoms with E-state index in [1.165, 1.54) is 0 Å². The molecule has 172 valence electrons. The number of pyridine rings is 1. The maximum Gasteiger partial charge on any atom is 0.496 e. The van der Waals surface area contributed by atoms with Crippen LogP contribution in [0.5, 0.6) is 0 Å². The van der Waals surface area contributed by atoms with Gasteiger partial charge in [-0.25, -0.2) is 4.98 Å². The quantitative estimate of drug-likeness (QED) is 0.650. The second-order valence-electron chi connectivity index (χ2n) is 13.1. The van der Waals surface area contributed by atoms with Crippen LogP contribution in [0.2, 0.25) is 0 Å². The highest BCUT2D eigenvalue weighted by molar-refractivity contribution is 6.62. The van der Waals surface area contributed by atoms with Crippen molar-refractivity contribution in [3.63, 3.8) is 0 Å². The van der Waals surface area contributed by atoms with Crippen molar-refractivity contribution in [2.75, 3.05) is 5.32 Å². The molecule has 1 aliphatic rings. The molecule has 0 aliphatic carbocycles. The zero-order valence-corrected chi connectivity index (χ0v) is 21.7. The molecule has 0 amide bonds. The molecule has 3 rings (SSSR count). The van der Waals surface area contributed by atoms with Crippen molar-refractivity contribution in [2.24, 2.45) is 5.41 Å². The van der Waals surface area contributed by atoms with E-state index in [1.54, 1.807) is 0 Å². The predicted octanol–water partition coefficient (Wildman–Crippen LogP) is 5.56. The van der Waals surface area contributed by atoms with Gasteiger partial charge in [0.25, 0.3) is 0 Å². The van der Waals surface area contributed by atoms with E-state index >= 15 is 0 Å². The molecule has 5 nitrogen and oxygen atoms in total. The number of imidazole rings is 1. The van der Waals surface area contributed by atoms with Gasteiger partial charge in [0, 0.05) is 17.2 Å². The molecule has 3 heterocycles. The Bertz CT molecular complexity index is 946. The fraction of sp³-hybridized carbons (Fsp3) is 0.720. The van der Waals surface area contributed by atoms with Gasteiger partial charge < -0.3 is 14.6 Å². The Balaban J connectivity index is 2.08. The smallest absolute Gasteiger partial charge is 0.399 e. The predicted molar refractivity (Wildman–Crippen MR) is 131 cm³/mol. The first-order valence-corrected chi connectivity index (χ1v) is 11.5. The number of rotatable bonds is 4. The summed E-state index contributed by atoms with van der Waals surface area (Å²) in [6.07, 6.45) is 3.16. The van der Waals surface area contributed by atoms with Crippen molar-refractivity contribution in [1.82, 2.24) is 9.38 Å². The fourth-order valence-electron chi connectivity index (χ4n) is 4.51. The molecule has 0 aromatic carbocycles. The van der Waals surface area contributed by atoms with Gasteiger partial charge in [-0.2, -0.15) is 0 Å². The Morgan fingerprint density at radius 3 is 1.97 bits per heavy atom. The molecule has 0 saturated carbocycles. The molecule has 0 spiro atoms. The molecule has 0 radical (unpaired) electrons. The lowest BCUT2D eigenvalue weighted by molar-refractivity contribution is 0.00578. The molecular weight excluding hydrogens is 385 g/mol. The number of aromatic nitrogens is 2. The lowest BCUT2D eigenvalue weighted by Gasteiger charge is -2.35. The van der Waals surface area contributed by atoms with E-state index in [0.717, 1.165) is 29.0 Å². The van der Waals surface area contributed by atoms with E-state index in [9.17, 15) is 0 Å². The number of nitrogens with one attached hydrogen (secondary N) is 1. The summed E-state index contributed by atoms with van der Waals surface area (Å²) in [6, 6.07) is 4.14. The van der Waals surface area contributed by atoms with Crippen LogP contribution in [0.15, 0.2) is 18.3 Å². The highest BCUT2D eigenvalue weighted by Gasteiger charge is 2.51. The summed E-state index contributed by atoms with van der Waals surface area (Å²) in [6.45, 7) is 26.4. The van der Waals surface area contributed by atoms with E-state index in [4.69, 9.17) is 14.3 Å². The van der Waals surface area contributed by atoms with Crippen LogP contribution in [-0.4, -0.2) is 33.2 Å². The topological polar surface area (TPSA) is 47.8 Å². The first-order valence-electron chi connectivity index (χ1n) is 11.5. The summed E-state index contributed by atoms with van der Waals surface area (Å²) in [7, 11) is -0.398. The van der Waals surface area contributed by atoms with E-state index < -0.39 is 7.12 Å². The average molecular weight is 427 g/mol. The number of hydrogen-bond donors (Lipinski definition) is 1. The zero-order valence-electron chi connectivity index (χ0n) is 21.7. The van der Waals surface area contributed by atoms with Crippen LogP contribution in [-0.2, 0) is 14.7 Å². The van der Waals surface area contributed by atoms with Gasteiger partial charge >= 0.3 is 7.12 Å². The first-order chi connectivity index (χ1) is 13.8. The van der Waals surface area contributed by atoms with Crippen molar-refractivity contribution in [3.8, 4) is 0 Å². The van der Waals surface area contributed by atoms with Crippen LogP contribution in [0.3, 0.4) is 0 Å². The summed E-state index contributed by atoms with van der Waals surface area (Å²) in [5.41, 5.74) is 2.31. The van der Waals surface area contributed by atoms with Gasteiger partial charge in [-0.15, -0.1) is 0 Å². The lowest BCUT2D eigenvalue weighted by atomic mass is 9.80. The van der Waals surface area contributed by atoms with Crippen molar-refractivity contribution >= 4 is 24.0 Å². The molecule has 1 fully saturated rings. The molecule has 2 aromatic rings. The zero-order chi connectivity index (χ0) is 23.6. The maximum absolute atomic E-state index is 6.30. The Kier molecular flexibility index (Phi) is 5.64. The molecule has 6 heteroatoms. The summed E-state index contributed by atoms with van der Waals surface area (Å²) in [4.78, 5) is 5.01.